The van der Waals surface area contributed by atoms with Crippen LogP contribution in [0.15, 0.2) is 29.3 Å². The molecule has 1 aromatic rings. The zero-order chi connectivity index (χ0) is 17.2. The third kappa shape index (κ3) is 7.15. The van der Waals surface area contributed by atoms with E-state index in [-0.39, 0.29) is 17.8 Å². The molecule has 1 atom stereocenters. The largest absolute Gasteiger partial charge is 0.369 e. The maximum Gasteiger partial charge on any atom is 0.227 e. The molecule has 6 nitrogen and oxygen atoms in total. The summed E-state index contributed by atoms with van der Waals surface area (Å²) in [6, 6.07) is 8.30. The highest BCUT2D eigenvalue weighted by Crippen LogP contribution is 2.17. The van der Waals surface area contributed by atoms with Gasteiger partial charge >= 0.3 is 0 Å². The van der Waals surface area contributed by atoms with Gasteiger partial charge in [0, 0.05) is 13.1 Å². The number of rotatable bonds is 8. The molecule has 0 aliphatic carbocycles. The van der Waals surface area contributed by atoms with E-state index in [9.17, 15) is 4.79 Å². The second-order valence-electron chi connectivity index (χ2n) is 6.12. The summed E-state index contributed by atoms with van der Waals surface area (Å²) >= 11 is 0. The first-order valence-electron chi connectivity index (χ1n) is 8.07. The number of nitrogens with one attached hydrogen (secondary N) is 2. The van der Waals surface area contributed by atoms with Gasteiger partial charge in [0.05, 0.1) is 5.92 Å². The minimum absolute atomic E-state index is 0.0236. The van der Waals surface area contributed by atoms with Gasteiger partial charge in [-0.05, 0) is 36.8 Å². The van der Waals surface area contributed by atoms with E-state index in [0.717, 1.165) is 12.0 Å². The van der Waals surface area contributed by atoms with Crippen molar-refractivity contribution in [1.82, 2.24) is 10.7 Å². The zero-order valence-corrected chi connectivity index (χ0v) is 14.3. The molecule has 0 saturated carbocycles. The van der Waals surface area contributed by atoms with Gasteiger partial charge in [0.2, 0.25) is 11.9 Å². The second-order valence-corrected chi connectivity index (χ2v) is 6.12. The van der Waals surface area contributed by atoms with E-state index in [1.165, 1.54) is 5.56 Å². The number of benzene rings is 1. The average Bonchev–Trinajstić information content (AvgIpc) is 2.53. The maximum absolute atomic E-state index is 12.2. The molecule has 0 bridgehead atoms. The fourth-order valence-electron chi connectivity index (χ4n) is 2.25. The van der Waals surface area contributed by atoms with Crippen molar-refractivity contribution in [2.24, 2.45) is 22.5 Å². The Kier molecular flexibility index (Phi) is 8.11. The molecule has 1 amide bonds. The fourth-order valence-corrected chi connectivity index (χ4v) is 2.25. The Morgan fingerprint density at radius 1 is 1.22 bits per heavy atom. The molecule has 0 unspecified atom stereocenters. The standard InChI is InChI=1S/C17H29N5O/c1-12(2)11-14-5-7-15(8-6-14)13(3)16(23)20-9-4-10-21-17(18)22-19/h5-8,12-13H,4,9-11,19H2,1-3H3,(H,20,23)(H3,18,21,22)/t13-/m1/s1. The molecule has 1 rings (SSSR count). The van der Waals surface area contributed by atoms with Crippen LogP contribution in [0.3, 0.4) is 0 Å². The lowest BCUT2D eigenvalue weighted by molar-refractivity contribution is -0.122. The SMILES string of the molecule is CC(C)Cc1ccc([C@@H](C)C(=O)NCCCN=C(N)NN)cc1. The molecule has 0 saturated heterocycles. The van der Waals surface area contributed by atoms with Crippen LogP contribution in [0.5, 0.6) is 0 Å². The van der Waals surface area contributed by atoms with Crippen molar-refractivity contribution < 1.29 is 4.79 Å². The molecular weight excluding hydrogens is 290 g/mol. The number of carbonyl (C=O) groups excluding carboxylic acids is 1. The van der Waals surface area contributed by atoms with Gasteiger partial charge in [0.15, 0.2) is 0 Å². The van der Waals surface area contributed by atoms with E-state index in [0.29, 0.717) is 25.4 Å². The van der Waals surface area contributed by atoms with Crippen LogP contribution < -0.4 is 22.3 Å². The first-order valence-corrected chi connectivity index (χ1v) is 8.07. The van der Waals surface area contributed by atoms with Crippen molar-refractivity contribution in [3.8, 4) is 0 Å². The van der Waals surface area contributed by atoms with Gasteiger partial charge in [-0.15, -0.1) is 0 Å². The van der Waals surface area contributed by atoms with E-state index in [1.54, 1.807) is 0 Å². The van der Waals surface area contributed by atoms with Crippen molar-refractivity contribution >= 4 is 11.9 Å². The van der Waals surface area contributed by atoms with E-state index in [4.69, 9.17) is 11.6 Å². The van der Waals surface area contributed by atoms with Crippen LogP contribution in [0.2, 0.25) is 0 Å². The summed E-state index contributed by atoms with van der Waals surface area (Å²) in [6.07, 6.45) is 1.77. The summed E-state index contributed by atoms with van der Waals surface area (Å²) in [5.74, 6) is 5.79. The number of aliphatic imine (C=N–C) groups is 1. The monoisotopic (exact) mass is 319 g/mol. The van der Waals surface area contributed by atoms with E-state index in [1.807, 2.05) is 19.1 Å². The fraction of sp³-hybridized carbons (Fsp3) is 0.529. The number of carbonyl (C=O) groups is 1. The highest BCUT2D eigenvalue weighted by molar-refractivity contribution is 5.83. The van der Waals surface area contributed by atoms with Crippen molar-refractivity contribution in [3.05, 3.63) is 35.4 Å². The zero-order valence-electron chi connectivity index (χ0n) is 14.3. The van der Waals surface area contributed by atoms with Crippen LogP contribution in [-0.2, 0) is 11.2 Å². The smallest absolute Gasteiger partial charge is 0.227 e. The molecule has 6 heteroatoms. The third-order valence-electron chi connectivity index (χ3n) is 3.58. The first kappa shape index (κ1) is 19.0. The number of hydrazine groups is 1. The quantitative estimate of drug-likeness (QED) is 0.190. The summed E-state index contributed by atoms with van der Waals surface area (Å²) in [4.78, 5) is 16.1. The minimum Gasteiger partial charge on any atom is -0.369 e. The average molecular weight is 319 g/mol. The number of hydrogen-bond donors (Lipinski definition) is 4. The molecule has 0 heterocycles. The molecule has 0 aliphatic rings. The number of nitrogens with two attached hydrogens (primary N) is 2. The lowest BCUT2D eigenvalue weighted by Crippen LogP contribution is -2.37. The molecule has 128 valence electrons. The van der Waals surface area contributed by atoms with E-state index >= 15 is 0 Å². The summed E-state index contributed by atoms with van der Waals surface area (Å²) < 4.78 is 0. The highest BCUT2D eigenvalue weighted by Gasteiger charge is 2.14. The second kappa shape index (κ2) is 9.84. The predicted octanol–water partition coefficient (Wildman–Crippen LogP) is 1.27. The van der Waals surface area contributed by atoms with Crippen LogP contribution in [0, 0.1) is 5.92 Å². The van der Waals surface area contributed by atoms with E-state index in [2.05, 4.69) is 41.7 Å². The molecule has 1 aromatic carbocycles. The first-order chi connectivity index (χ1) is 10.9. The Labute approximate surface area is 138 Å². The topological polar surface area (TPSA) is 106 Å². The van der Waals surface area contributed by atoms with Crippen LogP contribution in [0.1, 0.15) is 44.2 Å². The van der Waals surface area contributed by atoms with Gasteiger partial charge in [-0.2, -0.15) is 0 Å². The molecule has 6 N–H and O–H groups in total. The third-order valence-corrected chi connectivity index (χ3v) is 3.58. The summed E-state index contributed by atoms with van der Waals surface area (Å²) in [6.45, 7) is 7.41. The predicted molar refractivity (Wildman–Crippen MR) is 94.8 cm³/mol. The molecule has 0 radical (unpaired) electrons. The molecule has 0 aromatic heterocycles. The Hall–Kier alpha value is -2.08. The van der Waals surface area contributed by atoms with Crippen molar-refractivity contribution in [1.29, 1.82) is 0 Å². The molecule has 0 aliphatic heterocycles. The van der Waals surface area contributed by atoms with E-state index < -0.39 is 0 Å². The van der Waals surface area contributed by atoms with Gasteiger partial charge in [-0.1, -0.05) is 38.1 Å². The van der Waals surface area contributed by atoms with Crippen LogP contribution in [0.25, 0.3) is 0 Å². The van der Waals surface area contributed by atoms with Crippen LogP contribution >= 0.6 is 0 Å². The van der Waals surface area contributed by atoms with Crippen molar-refractivity contribution in [2.45, 2.75) is 39.5 Å². The lowest BCUT2D eigenvalue weighted by Gasteiger charge is -2.13. The van der Waals surface area contributed by atoms with Crippen molar-refractivity contribution in [2.75, 3.05) is 13.1 Å². The molecule has 0 fully saturated rings. The summed E-state index contributed by atoms with van der Waals surface area (Å²) in [5, 5.41) is 2.92. The minimum atomic E-state index is -0.164. The van der Waals surface area contributed by atoms with Gasteiger partial charge in [0.1, 0.15) is 0 Å². The molecule has 0 spiro atoms. The highest BCUT2D eigenvalue weighted by atomic mass is 16.1. The summed E-state index contributed by atoms with van der Waals surface area (Å²) in [7, 11) is 0. The Morgan fingerprint density at radius 3 is 2.43 bits per heavy atom. The normalized spacial score (nSPS) is 13.0. The van der Waals surface area contributed by atoms with Crippen LogP contribution in [-0.4, -0.2) is 25.0 Å². The number of guanidine groups is 1. The van der Waals surface area contributed by atoms with Gasteiger partial charge in [0.25, 0.3) is 0 Å². The lowest BCUT2D eigenvalue weighted by atomic mass is 9.96. The van der Waals surface area contributed by atoms with Gasteiger partial charge < -0.3 is 11.1 Å². The van der Waals surface area contributed by atoms with Gasteiger partial charge in [-0.3, -0.25) is 15.2 Å². The Bertz CT molecular complexity index is 510. The number of hydrogen-bond acceptors (Lipinski definition) is 3. The van der Waals surface area contributed by atoms with Crippen LogP contribution in [0.4, 0.5) is 0 Å². The molecular formula is C17H29N5O. The molecule has 23 heavy (non-hydrogen) atoms. The Morgan fingerprint density at radius 2 is 1.87 bits per heavy atom. The maximum atomic E-state index is 12.2. The number of nitrogens with zero attached hydrogens (tertiary/aromatic N) is 1. The Balaban J connectivity index is 2.41. The van der Waals surface area contributed by atoms with Gasteiger partial charge in [-0.25, -0.2) is 5.84 Å². The van der Waals surface area contributed by atoms with Crippen molar-refractivity contribution in [3.63, 3.8) is 0 Å². The number of amides is 1. The summed E-state index contributed by atoms with van der Waals surface area (Å²) in [5.41, 5.74) is 10.0.